The number of phenolic OH excluding ortho intramolecular Hbond substituents is 1. The highest BCUT2D eigenvalue weighted by Gasteiger charge is 2.48. The van der Waals surface area contributed by atoms with Crippen molar-refractivity contribution in [1.82, 2.24) is 40.2 Å². The maximum absolute atomic E-state index is 10.3. The predicted molar refractivity (Wildman–Crippen MR) is 107 cm³/mol. The van der Waals surface area contributed by atoms with Crippen molar-refractivity contribution in [2.45, 2.75) is 25.1 Å². The molecule has 1 aromatic carbocycles. The molecule has 2 aliphatic heterocycles. The number of rotatable bonds is 2. The van der Waals surface area contributed by atoms with E-state index in [4.69, 9.17) is 9.72 Å². The molecule has 10 nitrogen and oxygen atoms in total. The minimum absolute atomic E-state index is 0.0393. The molecule has 5 heterocycles. The van der Waals surface area contributed by atoms with Crippen molar-refractivity contribution in [3.8, 4) is 23.0 Å². The van der Waals surface area contributed by atoms with Gasteiger partial charge in [0.25, 0.3) is 0 Å². The fourth-order valence-electron chi connectivity index (χ4n) is 4.54. The van der Waals surface area contributed by atoms with Crippen LogP contribution in [0.4, 0.5) is 0 Å². The lowest BCUT2D eigenvalue weighted by molar-refractivity contribution is 0.0969. The maximum atomic E-state index is 10.3. The molecular weight excluding hydrogens is 384 g/mol. The van der Waals surface area contributed by atoms with Crippen molar-refractivity contribution in [3.63, 3.8) is 0 Å². The molecule has 4 unspecified atom stereocenters. The number of hydrogen-bond donors (Lipinski definition) is 3. The number of aromatic nitrogens is 6. The van der Waals surface area contributed by atoms with Crippen molar-refractivity contribution >= 4 is 5.65 Å². The Labute approximate surface area is 171 Å². The van der Waals surface area contributed by atoms with E-state index in [9.17, 15) is 5.11 Å². The Bertz CT molecular complexity index is 1260. The molecule has 0 amide bonds. The van der Waals surface area contributed by atoms with Crippen molar-refractivity contribution in [1.29, 1.82) is 0 Å². The number of aryl methyl sites for hydroxylation is 1. The number of phenols is 1. The molecule has 0 aliphatic carbocycles. The Morgan fingerprint density at radius 3 is 2.87 bits per heavy atom. The van der Waals surface area contributed by atoms with Crippen LogP contribution < -0.4 is 15.6 Å². The van der Waals surface area contributed by atoms with E-state index in [1.54, 1.807) is 33.7 Å². The summed E-state index contributed by atoms with van der Waals surface area (Å²) < 4.78 is 9.63. The lowest BCUT2D eigenvalue weighted by atomic mass is 9.77. The third kappa shape index (κ3) is 2.44. The highest BCUT2D eigenvalue weighted by molar-refractivity contribution is 5.68. The van der Waals surface area contributed by atoms with Gasteiger partial charge in [-0.15, -0.1) is 5.10 Å². The summed E-state index contributed by atoms with van der Waals surface area (Å²) in [7, 11) is 1.90. The first-order valence-electron chi connectivity index (χ1n) is 9.80. The van der Waals surface area contributed by atoms with E-state index in [0.717, 1.165) is 11.1 Å². The third-order valence-electron chi connectivity index (χ3n) is 5.93. The molecule has 0 spiro atoms. The number of fused-ring (bicyclic) bond motifs is 4. The van der Waals surface area contributed by atoms with Gasteiger partial charge in [-0.05, 0) is 24.6 Å². The average Bonchev–Trinajstić information content (AvgIpc) is 3.45. The summed E-state index contributed by atoms with van der Waals surface area (Å²) in [5, 5.41) is 19.2. The Balaban J connectivity index is 1.59. The molecule has 152 valence electrons. The number of hydrazine groups is 1. The normalized spacial score (nSPS) is 25.1. The fraction of sp³-hybridized carbons (Fsp3) is 0.300. The van der Waals surface area contributed by atoms with E-state index in [2.05, 4.69) is 33.0 Å². The Kier molecular flexibility index (Phi) is 3.62. The van der Waals surface area contributed by atoms with Gasteiger partial charge in [0.05, 0.1) is 17.3 Å². The summed E-state index contributed by atoms with van der Waals surface area (Å²) in [6.07, 6.45) is 5.28. The van der Waals surface area contributed by atoms with E-state index in [1.165, 1.54) is 0 Å². The lowest BCUT2D eigenvalue weighted by Crippen LogP contribution is -2.42. The van der Waals surface area contributed by atoms with Crippen molar-refractivity contribution in [2.24, 2.45) is 13.0 Å². The lowest BCUT2D eigenvalue weighted by Gasteiger charge is -2.35. The van der Waals surface area contributed by atoms with Gasteiger partial charge >= 0.3 is 0 Å². The van der Waals surface area contributed by atoms with Crippen molar-refractivity contribution < 1.29 is 9.84 Å². The third-order valence-corrected chi connectivity index (χ3v) is 5.93. The molecule has 4 aromatic rings. The van der Waals surface area contributed by atoms with Crippen LogP contribution in [0.25, 0.3) is 17.0 Å². The van der Waals surface area contributed by atoms with E-state index < -0.39 is 0 Å². The molecule has 3 aromatic heterocycles. The van der Waals surface area contributed by atoms with Gasteiger partial charge in [0.2, 0.25) is 5.88 Å². The summed E-state index contributed by atoms with van der Waals surface area (Å²) in [4.78, 5) is 9.31. The average molecular weight is 404 g/mol. The highest BCUT2D eigenvalue weighted by Crippen LogP contribution is 2.46. The molecule has 6 rings (SSSR count). The monoisotopic (exact) mass is 404 g/mol. The first kappa shape index (κ1) is 17.4. The topological polar surface area (TPSA) is 114 Å². The Morgan fingerprint density at radius 1 is 1.20 bits per heavy atom. The van der Waals surface area contributed by atoms with E-state index in [0.29, 0.717) is 22.9 Å². The first-order chi connectivity index (χ1) is 14.6. The molecule has 30 heavy (non-hydrogen) atoms. The van der Waals surface area contributed by atoms with Crippen molar-refractivity contribution in [2.75, 3.05) is 0 Å². The van der Waals surface area contributed by atoms with Crippen LogP contribution >= 0.6 is 0 Å². The predicted octanol–water partition coefficient (Wildman–Crippen LogP) is 1.19. The van der Waals surface area contributed by atoms with Gasteiger partial charge in [0.1, 0.15) is 12.1 Å². The molecule has 4 atom stereocenters. The largest absolute Gasteiger partial charge is 0.507 e. The van der Waals surface area contributed by atoms with Gasteiger partial charge in [0.15, 0.2) is 17.7 Å². The van der Waals surface area contributed by atoms with Crippen molar-refractivity contribution in [3.05, 3.63) is 54.1 Å². The van der Waals surface area contributed by atoms with Gasteiger partial charge < -0.3 is 9.84 Å². The number of aromatic hydroxyl groups is 1. The second-order valence-corrected chi connectivity index (χ2v) is 7.80. The zero-order valence-corrected chi connectivity index (χ0v) is 16.4. The highest BCUT2D eigenvalue weighted by atomic mass is 16.5. The van der Waals surface area contributed by atoms with Crippen LogP contribution in [-0.2, 0) is 7.05 Å². The quantitative estimate of drug-likeness (QED) is 0.457. The molecule has 2 aliphatic rings. The zero-order valence-electron chi connectivity index (χ0n) is 16.4. The second-order valence-electron chi connectivity index (χ2n) is 7.80. The first-order valence-corrected chi connectivity index (χ1v) is 9.80. The molecule has 1 saturated heterocycles. The number of para-hydroxylation sites is 1. The number of benzene rings is 1. The van der Waals surface area contributed by atoms with Gasteiger partial charge in [0, 0.05) is 31.1 Å². The molecule has 1 fully saturated rings. The van der Waals surface area contributed by atoms with Crippen LogP contribution in [0.2, 0.25) is 0 Å². The molecular formula is C20H20N8O2. The van der Waals surface area contributed by atoms with Crippen LogP contribution in [0.1, 0.15) is 24.0 Å². The minimum Gasteiger partial charge on any atom is -0.507 e. The summed E-state index contributed by atoms with van der Waals surface area (Å²) >= 11 is 0. The zero-order chi connectivity index (χ0) is 20.4. The van der Waals surface area contributed by atoms with E-state index in [-0.39, 0.29) is 29.9 Å². The SMILES string of the molecule is CC1NNC2Oc3ncn4nc(-c5ccccc5O)nc4c3C(c3cnn(C)c3)C12. The van der Waals surface area contributed by atoms with Crippen LogP contribution in [-0.4, -0.2) is 46.7 Å². The van der Waals surface area contributed by atoms with Gasteiger partial charge in [-0.25, -0.2) is 19.9 Å². The summed E-state index contributed by atoms with van der Waals surface area (Å²) in [6, 6.07) is 7.19. The maximum Gasteiger partial charge on any atom is 0.224 e. The van der Waals surface area contributed by atoms with E-state index >= 15 is 0 Å². The number of nitrogens with zero attached hydrogens (tertiary/aromatic N) is 6. The smallest absolute Gasteiger partial charge is 0.224 e. The summed E-state index contributed by atoms with van der Waals surface area (Å²) in [5.74, 6) is 1.17. The van der Waals surface area contributed by atoms with Crippen LogP contribution in [0, 0.1) is 5.92 Å². The Morgan fingerprint density at radius 2 is 2.07 bits per heavy atom. The second kappa shape index (κ2) is 6.25. The van der Waals surface area contributed by atoms with Gasteiger partial charge in [-0.1, -0.05) is 12.1 Å². The molecule has 0 saturated carbocycles. The van der Waals surface area contributed by atoms with E-state index in [1.807, 2.05) is 25.5 Å². The molecule has 10 heteroatoms. The number of hydrogen-bond acceptors (Lipinski definition) is 8. The molecule has 0 radical (unpaired) electrons. The summed E-state index contributed by atoms with van der Waals surface area (Å²) in [5.41, 5.74) is 9.68. The summed E-state index contributed by atoms with van der Waals surface area (Å²) in [6.45, 7) is 2.13. The van der Waals surface area contributed by atoms with Crippen LogP contribution in [0.5, 0.6) is 11.6 Å². The minimum atomic E-state index is -0.215. The van der Waals surface area contributed by atoms with Gasteiger partial charge in [-0.2, -0.15) is 5.10 Å². The standard InChI is InChI=1S/C20H20N8O2/c1-10-14-15(11-7-22-27(2)8-11)16-18-23-17(12-5-3-4-6-13(12)29)26-28(18)9-21-19(16)30-20(14)25-24-10/h3-10,14-15,20,24-25,29H,1-2H3. The van der Waals surface area contributed by atoms with Crippen LogP contribution in [0.15, 0.2) is 43.0 Å². The number of ether oxygens (including phenoxy) is 1. The molecule has 0 bridgehead atoms. The fourth-order valence-corrected chi connectivity index (χ4v) is 4.54. The Hall–Kier alpha value is -3.50. The molecule has 3 N–H and O–H groups in total. The number of nitrogens with one attached hydrogen (secondary N) is 2. The van der Waals surface area contributed by atoms with Gasteiger partial charge in [-0.3, -0.25) is 10.1 Å². The van der Waals surface area contributed by atoms with Crippen LogP contribution in [0.3, 0.4) is 0 Å².